The first kappa shape index (κ1) is 34.8. The van der Waals surface area contributed by atoms with E-state index in [2.05, 4.69) is 20.9 Å². The normalized spacial score (nSPS) is 13.4. The monoisotopic (exact) mass is 615 g/mol. The lowest BCUT2D eigenvalue weighted by atomic mass is 10.0. The van der Waals surface area contributed by atoms with Crippen LogP contribution in [0.2, 0.25) is 0 Å². The largest absolute Gasteiger partial charge is 0.508 e. The number of nitrogens with one attached hydrogen (secondary N) is 3. The number of benzene rings is 2. The van der Waals surface area contributed by atoms with Crippen LogP contribution in [-0.2, 0) is 36.8 Å². The minimum absolute atomic E-state index is 0.0106. The topological polar surface area (TPSA) is 293 Å². The van der Waals surface area contributed by atoms with Crippen molar-refractivity contribution >= 4 is 35.6 Å². The average molecular weight is 616 g/mol. The molecule has 13 N–H and O–H groups in total. The Balaban J connectivity index is 2.21. The van der Waals surface area contributed by atoms with Gasteiger partial charge in [0, 0.05) is 13.0 Å². The number of hydrogen-bond donors (Lipinski definition) is 10. The van der Waals surface area contributed by atoms with Crippen molar-refractivity contribution in [3.8, 4) is 11.5 Å². The van der Waals surface area contributed by atoms with Gasteiger partial charge < -0.3 is 53.6 Å². The zero-order valence-corrected chi connectivity index (χ0v) is 23.7. The van der Waals surface area contributed by atoms with Crippen molar-refractivity contribution in [3.63, 3.8) is 0 Å². The van der Waals surface area contributed by atoms with Gasteiger partial charge in [-0.2, -0.15) is 0 Å². The lowest BCUT2D eigenvalue weighted by Gasteiger charge is -2.25. The summed E-state index contributed by atoms with van der Waals surface area (Å²) in [5.41, 5.74) is 17.6. The molecule has 0 aliphatic rings. The summed E-state index contributed by atoms with van der Waals surface area (Å²) in [5.74, 6) is -5.77. The average Bonchev–Trinajstić information content (AvgIpc) is 2.95. The molecule has 0 spiro atoms. The molecule has 0 saturated carbocycles. The molecule has 0 aliphatic heterocycles. The van der Waals surface area contributed by atoms with E-state index in [1.807, 2.05) is 0 Å². The van der Waals surface area contributed by atoms with Crippen molar-refractivity contribution in [1.29, 1.82) is 0 Å². The highest BCUT2D eigenvalue weighted by Crippen LogP contribution is 2.13. The molecule has 2 aromatic rings. The smallest absolute Gasteiger partial charge is 0.326 e. The molecule has 0 aliphatic carbocycles. The van der Waals surface area contributed by atoms with Crippen molar-refractivity contribution in [2.45, 2.75) is 56.3 Å². The number of aliphatic carboxylic acids is 2. The summed E-state index contributed by atoms with van der Waals surface area (Å²) in [6.07, 6.45) is -0.847. The van der Waals surface area contributed by atoms with Gasteiger partial charge in [-0.1, -0.05) is 24.3 Å². The highest BCUT2D eigenvalue weighted by atomic mass is 16.4. The summed E-state index contributed by atoms with van der Waals surface area (Å²) in [6.45, 7) is 0.112. The van der Waals surface area contributed by atoms with Crippen LogP contribution in [-0.4, -0.2) is 86.8 Å². The molecule has 16 heteroatoms. The highest BCUT2D eigenvalue weighted by molar-refractivity contribution is 5.95. The Hall–Kier alpha value is -5.38. The Labute approximate surface area is 252 Å². The zero-order valence-electron chi connectivity index (χ0n) is 23.7. The number of carbonyl (C=O) groups is 5. The van der Waals surface area contributed by atoms with Crippen molar-refractivity contribution in [3.05, 3.63) is 59.7 Å². The molecule has 2 aromatic carbocycles. The molecule has 0 saturated heterocycles. The maximum absolute atomic E-state index is 13.3. The van der Waals surface area contributed by atoms with Crippen LogP contribution < -0.4 is 33.2 Å². The number of rotatable bonds is 17. The lowest BCUT2D eigenvalue weighted by molar-refractivity contribution is -0.143. The standard InChI is InChI=1S/C28H37N7O9/c29-19(12-15-3-7-17(36)8-4-15)24(40)34-22(14-23(38)39)26(42)35-21(13-16-5-9-18(37)10-6-16)25(41)33-20(27(43)44)2-1-11-32-28(30)31/h3-10,19-22,36-37H,1-2,11-14,29H2,(H,33,41)(H,34,40)(H,35,42)(H,38,39)(H,43,44)(H4,30,31,32). The Morgan fingerprint density at radius 3 is 1.68 bits per heavy atom. The van der Waals surface area contributed by atoms with E-state index in [9.17, 15) is 44.4 Å². The van der Waals surface area contributed by atoms with Gasteiger partial charge in [0.05, 0.1) is 12.5 Å². The summed E-state index contributed by atoms with van der Waals surface area (Å²) in [5, 5.41) is 45.1. The van der Waals surface area contributed by atoms with Crippen molar-refractivity contribution < 1.29 is 44.4 Å². The van der Waals surface area contributed by atoms with Gasteiger partial charge in [0.1, 0.15) is 29.6 Å². The molecular weight excluding hydrogens is 578 g/mol. The third kappa shape index (κ3) is 12.2. The SMILES string of the molecule is NC(N)=NCCCC(NC(=O)C(Cc1ccc(O)cc1)NC(=O)C(CC(=O)O)NC(=O)C(N)Cc1ccc(O)cc1)C(=O)O. The van der Waals surface area contributed by atoms with E-state index in [0.717, 1.165) is 0 Å². The second kappa shape index (κ2) is 16.9. The fourth-order valence-electron chi connectivity index (χ4n) is 4.02. The molecule has 2 rings (SSSR count). The van der Waals surface area contributed by atoms with Crippen molar-refractivity contribution in [1.82, 2.24) is 16.0 Å². The summed E-state index contributed by atoms with van der Waals surface area (Å²) in [7, 11) is 0. The summed E-state index contributed by atoms with van der Waals surface area (Å²) in [6, 6.07) is 5.92. The van der Waals surface area contributed by atoms with Crippen LogP contribution >= 0.6 is 0 Å². The third-order valence-electron chi connectivity index (χ3n) is 6.31. The quantitative estimate of drug-likeness (QED) is 0.0540. The minimum atomic E-state index is -1.64. The van der Waals surface area contributed by atoms with Gasteiger partial charge in [-0.05, 0) is 54.7 Å². The number of amides is 3. The lowest BCUT2D eigenvalue weighted by Crippen LogP contribution is -2.58. The van der Waals surface area contributed by atoms with Crippen LogP contribution in [0.4, 0.5) is 0 Å². The first-order valence-corrected chi connectivity index (χ1v) is 13.5. The summed E-state index contributed by atoms with van der Waals surface area (Å²) >= 11 is 0. The first-order chi connectivity index (χ1) is 20.7. The summed E-state index contributed by atoms with van der Waals surface area (Å²) in [4.78, 5) is 66.4. The Bertz CT molecular complexity index is 1330. The summed E-state index contributed by atoms with van der Waals surface area (Å²) < 4.78 is 0. The van der Waals surface area contributed by atoms with Crippen LogP contribution in [0.15, 0.2) is 53.5 Å². The number of hydrogen-bond acceptors (Lipinski definition) is 9. The second-order valence-corrected chi connectivity index (χ2v) is 9.92. The molecule has 238 valence electrons. The van der Waals surface area contributed by atoms with Gasteiger partial charge in [-0.25, -0.2) is 4.79 Å². The van der Waals surface area contributed by atoms with E-state index >= 15 is 0 Å². The molecule has 4 unspecified atom stereocenters. The van der Waals surface area contributed by atoms with E-state index in [1.165, 1.54) is 36.4 Å². The number of nitrogens with two attached hydrogens (primary N) is 3. The van der Waals surface area contributed by atoms with Gasteiger partial charge in [0.15, 0.2) is 5.96 Å². The number of carboxylic acids is 2. The van der Waals surface area contributed by atoms with Gasteiger partial charge in [-0.3, -0.25) is 24.2 Å². The molecule has 0 bridgehead atoms. The van der Waals surface area contributed by atoms with Crippen molar-refractivity contribution in [2.24, 2.45) is 22.2 Å². The van der Waals surface area contributed by atoms with Crippen LogP contribution in [0.5, 0.6) is 11.5 Å². The Kier molecular flexibility index (Phi) is 13.4. The number of nitrogens with zero attached hydrogens (tertiary/aromatic N) is 1. The fraction of sp³-hybridized carbons (Fsp3) is 0.357. The predicted molar refractivity (Wildman–Crippen MR) is 157 cm³/mol. The minimum Gasteiger partial charge on any atom is -0.508 e. The van der Waals surface area contributed by atoms with Crippen LogP contribution in [0, 0.1) is 0 Å². The van der Waals surface area contributed by atoms with Crippen LogP contribution in [0.3, 0.4) is 0 Å². The molecule has 0 heterocycles. The predicted octanol–water partition coefficient (Wildman–Crippen LogP) is -1.72. The fourth-order valence-corrected chi connectivity index (χ4v) is 4.02. The Morgan fingerprint density at radius 2 is 1.18 bits per heavy atom. The number of aromatic hydroxyl groups is 2. The van der Waals surface area contributed by atoms with E-state index in [0.29, 0.717) is 11.1 Å². The van der Waals surface area contributed by atoms with E-state index < -0.39 is 60.2 Å². The number of phenolic OH excluding ortho intramolecular Hbond substituents is 2. The molecule has 16 nitrogen and oxygen atoms in total. The molecule has 3 amide bonds. The van der Waals surface area contributed by atoms with Gasteiger partial charge in [-0.15, -0.1) is 0 Å². The number of guanidine groups is 1. The number of carboxylic acid groups (broad SMARTS) is 2. The molecule has 44 heavy (non-hydrogen) atoms. The highest BCUT2D eigenvalue weighted by Gasteiger charge is 2.31. The molecule has 0 fully saturated rings. The van der Waals surface area contributed by atoms with Gasteiger partial charge in [0.2, 0.25) is 17.7 Å². The maximum Gasteiger partial charge on any atom is 0.326 e. The molecule has 4 atom stereocenters. The number of phenols is 2. The maximum atomic E-state index is 13.3. The van der Waals surface area contributed by atoms with Crippen molar-refractivity contribution in [2.75, 3.05) is 6.54 Å². The second-order valence-electron chi connectivity index (χ2n) is 9.92. The molecule has 0 radical (unpaired) electrons. The third-order valence-corrected chi connectivity index (χ3v) is 6.31. The van der Waals surface area contributed by atoms with E-state index in [1.54, 1.807) is 12.1 Å². The number of aliphatic imine (C=N–C) groups is 1. The molecular formula is C28H37N7O9. The van der Waals surface area contributed by atoms with Crippen LogP contribution in [0.1, 0.15) is 30.4 Å². The number of carbonyl (C=O) groups excluding carboxylic acids is 3. The first-order valence-electron chi connectivity index (χ1n) is 13.5. The van der Waals surface area contributed by atoms with Gasteiger partial charge in [0.25, 0.3) is 0 Å². The Morgan fingerprint density at radius 1 is 0.705 bits per heavy atom. The van der Waals surface area contributed by atoms with Crippen LogP contribution in [0.25, 0.3) is 0 Å². The zero-order chi connectivity index (χ0) is 32.8. The van der Waals surface area contributed by atoms with Gasteiger partial charge >= 0.3 is 11.9 Å². The molecule has 0 aromatic heterocycles. The van der Waals surface area contributed by atoms with E-state index in [-0.39, 0.29) is 49.7 Å². The van der Waals surface area contributed by atoms with E-state index in [4.69, 9.17) is 17.2 Å².